The molecule has 0 fully saturated rings. The van der Waals surface area contributed by atoms with E-state index in [1.807, 2.05) is 12.1 Å². The molecule has 0 aliphatic heterocycles. The molecule has 1 aromatic heterocycles. The molecular weight excluding hydrogens is 383 g/mol. The number of aromatic nitrogens is 2. The Morgan fingerprint density at radius 2 is 1.72 bits per heavy atom. The van der Waals surface area contributed by atoms with Crippen LogP contribution in [0.1, 0.15) is 10.5 Å². The van der Waals surface area contributed by atoms with Crippen molar-refractivity contribution in [3.8, 4) is 0 Å². The molecule has 1 heterocycles. The SMILES string of the molecule is O=C(Nc1ccc(Cl)cc1Cl)c1ccnc(Nc2ccccc2Cl)n1. The highest BCUT2D eigenvalue weighted by atomic mass is 35.5. The number of nitrogens with one attached hydrogen (secondary N) is 2. The molecule has 0 saturated heterocycles. The van der Waals surface area contributed by atoms with E-state index in [2.05, 4.69) is 20.6 Å². The largest absolute Gasteiger partial charge is 0.323 e. The van der Waals surface area contributed by atoms with Crippen molar-refractivity contribution in [1.29, 1.82) is 0 Å². The molecule has 2 N–H and O–H groups in total. The first kappa shape index (κ1) is 17.5. The molecular formula is C17H11Cl3N4O. The summed E-state index contributed by atoms with van der Waals surface area (Å²) in [5, 5.41) is 7.00. The summed E-state index contributed by atoms with van der Waals surface area (Å²) in [6, 6.07) is 13.5. The Labute approximate surface area is 159 Å². The number of nitrogens with zero attached hydrogens (tertiary/aromatic N) is 2. The Kier molecular flexibility index (Phi) is 5.38. The number of para-hydroxylation sites is 1. The van der Waals surface area contributed by atoms with Crippen LogP contribution >= 0.6 is 34.8 Å². The van der Waals surface area contributed by atoms with Crippen LogP contribution in [0.15, 0.2) is 54.7 Å². The Morgan fingerprint density at radius 1 is 0.920 bits per heavy atom. The topological polar surface area (TPSA) is 66.9 Å². The van der Waals surface area contributed by atoms with Crippen LogP contribution in [-0.2, 0) is 0 Å². The van der Waals surface area contributed by atoms with Gasteiger partial charge < -0.3 is 10.6 Å². The van der Waals surface area contributed by atoms with Gasteiger partial charge >= 0.3 is 0 Å². The number of carbonyl (C=O) groups is 1. The van der Waals surface area contributed by atoms with Gasteiger partial charge in [-0.3, -0.25) is 4.79 Å². The Hall–Kier alpha value is -2.34. The van der Waals surface area contributed by atoms with E-state index in [9.17, 15) is 4.79 Å². The second kappa shape index (κ2) is 7.70. The molecule has 0 radical (unpaired) electrons. The molecule has 3 aromatic rings. The van der Waals surface area contributed by atoms with E-state index in [-0.39, 0.29) is 11.6 Å². The molecule has 0 bridgehead atoms. The third-order valence-corrected chi connectivity index (χ3v) is 4.07. The quantitative estimate of drug-likeness (QED) is 0.620. The minimum Gasteiger partial charge on any atom is -0.323 e. The monoisotopic (exact) mass is 392 g/mol. The van der Waals surface area contributed by atoms with Gasteiger partial charge in [0, 0.05) is 11.2 Å². The maximum absolute atomic E-state index is 12.4. The summed E-state index contributed by atoms with van der Waals surface area (Å²) >= 11 is 18.0. The fourth-order valence-corrected chi connectivity index (χ4v) is 2.64. The van der Waals surface area contributed by atoms with Crippen molar-refractivity contribution >= 4 is 58.0 Å². The number of carbonyl (C=O) groups excluding carboxylic acids is 1. The lowest BCUT2D eigenvalue weighted by atomic mass is 10.3. The zero-order valence-electron chi connectivity index (χ0n) is 12.6. The van der Waals surface area contributed by atoms with Crippen LogP contribution in [0, 0.1) is 0 Å². The summed E-state index contributed by atoms with van der Waals surface area (Å²) in [7, 11) is 0. The predicted octanol–water partition coefficient (Wildman–Crippen LogP) is 5.43. The van der Waals surface area contributed by atoms with E-state index in [1.54, 1.807) is 30.3 Å². The van der Waals surface area contributed by atoms with Gasteiger partial charge in [-0.2, -0.15) is 0 Å². The molecule has 0 atom stereocenters. The Bertz CT molecular complexity index is 933. The smallest absolute Gasteiger partial charge is 0.274 e. The fraction of sp³-hybridized carbons (Fsp3) is 0. The highest BCUT2D eigenvalue weighted by molar-refractivity contribution is 6.36. The zero-order chi connectivity index (χ0) is 17.8. The summed E-state index contributed by atoms with van der Waals surface area (Å²) in [5.74, 6) is -0.170. The highest BCUT2D eigenvalue weighted by Gasteiger charge is 2.12. The van der Waals surface area contributed by atoms with Gasteiger partial charge in [-0.05, 0) is 36.4 Å². The van der Waals surface area contributed by atoms with Gasteiger partial charge in [0.2, 0.25) is 5.95 Å². The molecule has 0 spiro atoms. The Morgan fingerprint density at radius 3 is 2.48 bits per heavy atom. The molecule has 5 nitrogen and oxygen atoms in total. The first-order valence-corrected chi connectivity index (χ1v) is 8.27. The lowest BCUT2D eigenvalue weighted by Crippen LogP contribution is -2.15. The number of halogens is 3. The molecule has 25 heavy (non-hydrogen) atoms. The van der Waals surface area contributed by atoms with Crippen LogP contribution < -0.4 is 10.6 Å². The summed E-state index contributed by atoms with van der Waals surface area (Å²) < 4.78 is 0. The normalized spacial score (nSPS) is 10.4. The van der Waals surface area contributed by atoms with Gasteiger partial charge in [0.15, 0.2) is 0 Å². The number of anilines is 3. The number of benzene rings is 2. The number of hydrogen-bond donors (Lipinski definition) is 2. The molecule has 0 unspecified atom stereocenters. The Balaban J connectivity index is 1.79. The molecule has 8 heteroatoms. The minimum absolute atomic E-state index is 0.176. The molecule has 126 valence electrons. The zero-order valence-corrected chi connectivity index (χ0v) is 14.9. The number of amides is 1. The van der Waals surface area contributed by atoms with Gasteiger partial charge in [0.1, 0.15) is 5.69 Å². The summed E-state index contributed by atoms with van der Waals surface area (Å²) in [6.07, 6.45) is 1.48. The highest BCUT2D eigenvalue weighted by Crippen LogP contribution is 2.26. The van der Waals surface area contributed by atoms with Gasteiger partial charge in [0.25, 0.3) is 5.91 Å². The van der Waals surface area contributed by atoms with Gasteiger partial charge in [-0.15, -0.1) is 0 Å². The first-order chi connectivity index (χ1) is 12.0. The maximum atomic E-state index is 12.4. The molecule has 0 aliphatic rings. The number of hydrogen-bond acceptors (Lipinski definition) is 4. The third-order valence-electron chi connectivity index (χ3n) is 3.19. The van der Waals surface area contributed by atoms with Crippen LogP contribution in [0.4, 0.5) is 17.3 Å². The molecule has 0 aliphatic carbocycles. The van der Waals surface area contributed by atoms with E-state index in [1.165, 1.54) is 12.3 Å². The van der Waals surface area contributed by atoms with Gasteiger partial charge in [-0.25, -0.2) is 9.97 Å². The summed E-state index contributed by atoms with van der Waals surface area (Å²) in [6.45, 7) is 0. The average Bonchev–Trinajstić information content (AvgIpc) is 2.60. The third kappa shape index (κ3) is 4.39. The van der Waals surface area contributed by atoms with Crippen LogP contribution in [-0.4, -0.2) is 15.9 Å². The minimum atomic E-state index is -0.422. The first-order valence-electron chi connectivity index (χ1n) is 7.14. The summed E-state index contributed by atoms with van der Waals surface area (Å²) in [4.78, 5) is 20.7. The number of rotatable bonds is 4. The van der Waals surface area contributed by atoms with Crippen molar-refractivity contribution in [2.45, 2.75) is 0 Å². The van der Waals surface area contributed by atoms with Crippen molar-refractivity contribution < 1.29 is 4.79 Å². The molecule has 1 amide bonds. The second-order valence-corrected chi connectivity index (χ2v) is 6.20. The van der Waals surface area contributed by atoms with Crippen molar-refractivity contribution in [3.05, 3.63) is 75.5 Å². The maximum Gasteiger partial charge on any atom is 0.274 e. The molecule has 0 saturated carbocycles. The summed E-state index contributed by atoms with van der Waals surface area (Å²) in [5.41, 5.74) is 1.26. The lowest BCUT2D eigenvalue weighted by Gasteiger charge is -2.09. The van der Waals surface area contributed by atoms with Crippen molar-refractivity contribution in [2.75, 3.05) is 10.6 Å². The van der Waals surface area contributed by atoms with E-state index in [4.69, 9.17) is 34.8 Å². The van der Waals surface area contributed by atoms with Crippen LogP contribution in [0.5, 0.6) is 0 Å². The van der Waals surface area contributed by atoms with Gasteiger partial charge in [0.05, 0.1) is 21.4 Å². The molecule has 3 rings (SSSR count). The van der Waals surface area contributed by atoms with E-state index in [0.717, 1.165) is 0 Å². The second-order valence-electron chi connectivity index (χ2n) is 4.95. The van der Waals surface area contributed by atoms with Crippen LogP contribution in [0.2, 0.25) is 15.1 Å². The van der Waals surface area contributed by atoms with E-state index in [0.29, 0.717) is 26.4 Å². The van der Waals surface area contributed by atoms with Crippen molar-refractivity contribution in [2.24, 2.45) is 0 Å². The fourth-order valence-electron chi connectivity index (χ4n) is 2.01. The average molecular weight is 394 g/mol. The van der Waals surface area contributed by atoms with E-state index < -0.39 is 5.91 Å². The predicted molar refractivity (Wildman–Crippen MR) is 101 cm³/mol. The van der Waals surface area contributed by atoms with Crippen molar-refractivity contribution in [1.82, 2.24) is 9.97 Å². The lowest BCUT2D eigenvalue weighted by molar-refractivity contribution is 0.102. The molecule has 2 aromatic carbocycles. The van der Waals surface area contributed by atoms with Gasteiger partial charge in [-0.1, -0.05) is 46.9 Å². The standard InChI is InChI=1S/C17H11Cl3N4O/c18-10-5-6-14(12(20)9-10)22-16(25)15-7-8-21-17(24-15)23-13-4-2-1-3-11(13)19/h1-9H,(H,22,25)(H,21,23,24). The van der Waals surface area contributed by atoms with Crippen LogP contribution in [0.25, 0.3) is 0 Å². The van der Waals surface area contributed by atoms with Crippen LogP contribution in [0.3, 0.4) is 0 Å². The van der Waals surface area contributed by atoms with Crippen molar-refractivity contribution in [3.63, 3.8) is 0 Å². The van der Waals surface area contributed by atoms with E-state index >= 15 is 0 Å².